The van der Waals surface area contributed by atoms with Crippen molar-refractivity contribution in [2.45, 2.75) is 12.1 Å². The summed E-state index contributed by atoms with van der Waals surface area (Å²) < 4.78 is 25.7. The molecule has 1 aromatic carbocycles. The molecular formula is C12H11ClN4O4S. The van der Waals surface area contributed by atoms with Gasteiger partial charge in [-0.15, -0.1) is 0 Å². The first-order chi connectivity index (χ1) is 10.3. The number of aromatic nitrogens is 2. The molecule has 0 radical (unpaired) electrons. The van der Waals surface area contributed by atoms with Crippen LogP contribution >= 0.6 is 11.6 Å². The monoisotopic (exact) mass is 342 g/mol. The number of benzene rings is 1. The van der Waals surface area contributed by atoms with E-state index in [9.17, 15) is 18.0 Å². The number of halogens is 1. The van der Waals surface area contributed by atoms with Gasteiger partial charge in [-0.05, 0) is 25.1 Å². The number of nitrogens with one attached hydrogen (secondary N) is 3. The molecule has 3 N–H and O–H groups in total. The molecule has 0 unspecified atom stereocenters. The SMILES string of the molecule is Cc1cc(=O)[nH]c(S(=O)(=O)NC(=O)Nc2cccc(Cl)c2)n1. The largest absolute Gasteiger partial charge is 0.333 e. The van der Waals surface area contributed by atoms with Gasteiger partial charge in [-0.1, -0.05) is 17.7 Å². The summed E-state index contributed by atoms with van der Waals surface area (Å²) in [7, 11) is -4.30. The van der Waals surface area contributed by atoms with Crippen molar-refractivity contribution in [3.05, 3.63) is 51.4 Å². The number of urea groups is 1. The van der Waals surface area contributed by atoms with E-state index >= 15 is 0 Å². The fourth-order valence-electron chi connectivity index (χ4n) is 1.57. The molecule has 22 heavy (non-hydrogen) atoms. The zero-order valence-corrected chi connectivity index (χ0v) is 12.8. The van der Waals surface area contributed by atoms with E-state index in [1.807, 2.05) is 4.98 Å². The number of hydrogen-bond donors (Lipinski definition) is 3. The lowest BCUT2D eigenvalue weighted by molar-refractivity contribution is 0.256. The first-order valence-corrected chi connectivity index (χ1v) is 7.80. The number of carbonyl (C=O) groups excluding carboxylic acids is 1. The minimum absolute atomic E-state index is 0.208. The summed E-state index contributed by atoms with van der Waals surface area (Å²) in [5, 5.41) is 2.04. The van der Waals surface area contributed by atoms with Crippen LogP contribution in [0.4, 0.5) is 10.5 Å². The van der Waals surface area contributed by atoms with Gasteiger partial charge in [-0.3, -0.25) is 9.78 Å². The standard InChI is InChI=1S/C12H11ClN4O4S/c1-7-5-10(18)16-12(14-7)22(20,21)17-11(19)15-9-4-2-3-8(13)6-9/h2-6H,1H3,(H,14,16,18)(H2,15,17,19). The van der Waals surface area contributed by atoms with Crippen LogP contribution < -0.4 is 15.6 Å². The van der Waals surface area contributed by atoms with Crippen molar-refractivity contribution in [1.29, 1.82) is 0 Å². The predicted molar refractivity (Wildman–Crippen MR) is 80.4 cm³/mol. The Hall–Kier alpha value is -2.39. The number of nitrogens with zero attached hydrogens (tertiary/aromatic N) is 1. The van der Waals surface area contributed by atoms with Crippen molar-refractivity contribution >= 4 is 33.3 Å². The maximum atomic E-state index is 12.0. The highest BCUT2D eigenvalue weighted by atomic mass is 35.5. The summed E-state index contributed by atoms with van der Waals surface area (Å²) in [6.45, 7) is 1.46. The molecule has 2 rings (SSSR count). The van der Waals surface area contributed by atoms with Crippen molar-refractivity contribution in [2.24, 2.45) is 0 Å². The zero-order chi connectivity index (χ0) is 16.3. The van der Waals surface area contributed by atoms with Crippen molar-refractivity contribution in [3.8, 4) is 0 Å². The van der Waals surface area contributed by atoms with Crippen LogP contribution in [-0.4, -0.2) is 24.4 Å². The van der Waals surface area contributed by atoms with E-state index < -0.39 is 26.8 Å². The Morgan fingerprint density at radius 1 is 1.32 bits per heavy atom. The van der Waals surface area contributed by atoms with Gasteiger partial charge in [-0.25, -0.2) is 14.5 Å². The molecule has 1 heterocycles. The molecule has 0 atom stereocenters. The molecule has 0 aliphatic heterocycles. The van der Waals surface area contributed by atoms with Crippen LogP contribution in [0, 0.1) is 6.92 Å². The van der Waals surface area contributed by atoms with Gasteiger partial charge in [0.15, 0.2) is 0 Å². The minimum atomic E-state index is -4.30. The lowest BCUT2D eigenvalue weighted by Gasteiger charge is -2.08. The maximum absolute atomic E-state index is 12.0. The van der Waals surface area contributed by atoms with Gasteiger partial charge >= 0.3 is 6.03 Å². The number of amides is 2. The molecule has 2 aromatic rings. The van der Waals surface area contributed by atoms with Gasteiger partial charge in [0, 0.05) is 22.5 Å². The molecule has 10 heteroatoms. The summed E-state index contributed by atoms with van der Waals surface area (Å²) in [6, 6.07) is 6.29. The van der Waals surface area contributed by atoms with Crippen LogP contribution in [0.15, 0.2) is 40.3 Å². The molecule has 1 aromatic heterocycles. The average Bonchev–Trinajstić information content (AvgIpc) is 2.36. The van der Waals surface area contributed by atoms with Crippen molar-refractivity contribution in [1.82, 2.24) is 14.7 Å². The molecular weight excluding hydrogens is 332 g/mol. The van der Waals surface area contributed by atoms with E-state index in [1.165, 1.54) is 19.1 Å². The molecule has 116 valence electrons. The fraction of sp³-hybridized carbons (Fsp3) is 0.0833. The highest BCUT2D eigenvalue weighted by molar-refractivity contribution is 7.89. The first kappa shape index (κ1) is 16.0. The Kier molecular flexibility index (Phi) is 4.48. The molecule has 0 aliphatic rings. The van der Waals surface area contributed by atoms with Gasteiger partial charge in [0.05, 0.1) is 0 Å². The van der Waals surface area contributed by atoms with Crippen molar-refractivity contribution in [3.63, 3.8) is 0 Å². The highest BCUT2D eigenvalue weighted by Gasteiger charge is 2.20. The highest BCUT2D eigenvalue weighted by Crippen LogP contribution is 2.14. The van der Waals surface area contributed by atoms with Crippen LogP contribution in [0.2, 0.25) is 5.02 Å². The normalized spacial score (nSPS) is 11.0. The van der Waals surface area contributed by atoms with Crippen LogP contribution in [0.1, 0.15) is 5.69 Å². The Morgan fingerprint density at radius 2 is 2.05 bits per heavy atom. The van der Waals surface area contributed by atoms with E-state index in [4.69, 9.17) is 11.6 Å². The van der Waals surface area contributed by atoms with E-state index in [0.29, 0.717) is 10.7 Å². The Bertz CT molecular complexity index is 879. The Morgan fingerprint density at radius 3 is 2.68 bits per heavy atom. The van der Waals surface area contributed by atoms with Crippen LogP contribution in [0.5, 0.6) is 0 Å². The third kappa shape index (κ3) is 4.06. The third-order valence-corrected chi connectivity index (χ3v) is 3.80. The molecule has 0 fully saturated rings. The molecule has 2 amide bonds. The maximum Gasteiger partial charge on any atom is 0.333 e. The number of H-pyrrole nitrogens is 1. The third-order valence-electron chi connectivity index (χ3n) is 2.41. The van der Waals surface area contributed by atoms with Crippen molar-refractivity contribution in [2.75, 3.05) is 5.32 Å². The second-order valence-corrected chi connectivity index (χ2v) is 6.30. The molecule has 0 bridgehead atoms. The van der Waals surface area contributed by atoms with Crippen LogP contribution in [-0.2, 0) is 10.0 Å². The smallest absolute Gasteiger partial charge is 0.307 e. The average molecular weight is 343 g/mol. The molecule has 8 nitrogen and oxygen atoms in total. The summed E-state index contributed by atoms with van der Waals surface area (Å²) >= 11 is 5.75. The number of rotatable bonds is 3. The van der Waals surface area contributed by atoms with E-state index in [0.717, 1.165) is 6.07 Å². The molecule has 0 saturated carbocycles. The quantitative estimate of drug-likeness (QED) is 0.725. The predicted octanol–water partition coefficient (Wildman–Crippen LogP) is 1.24. The second kappa shape index (κ2) is 6.16. The summed E-state index contributed by atoms with van der Waals surface area (Å²) in [5.41, 5.74) is -0.117. The van der Waals surface area contributed by atoms with Gasteiger partial charge in [0.1, 0.15) is 0 Å². The number of aryl methyl sites for hydroxylation is 1. The second-order valence-electron chi connectivity index (χ2n) is 4.26. The Balaban J connectivity index is 2.18. The number of sulfonamides is 1. The topological polar surface area (TPSA) is 121 Å². The number of hydrogen-bond acceptors (Lipinski definition) is 5. The van der Waals surface area contributed by atoms with Gasteiger partial charge in [0.2, 0.25) is 5.16 Å². The number of anilines is 1. The Labute approximate surface area is 130 Å². The van der Waals surface area contributed by atoms with Crippen LogP contribution in [0.25, 0.3) is 0 Å². The molecule has 0 saturated heterocycles. The van der Waals surface area contributed by atoms with Crippen LogP contribution in [0.3, 0.4) is 0 Å². The number of carbonyl (C=O) groups is 1. The summed E-state index contributed by atoms with van der Waals surface area (Å²) in [6.07, 6.45) is 0. The van der Waals surface area contributed by atoms with Crippen molar-refractivity contribution < 1.29 is 13.2 Å². The van der Waals surface area contributed by atoms with E-state index in [-0.39, 0.29) is 5.69 Å². The number of aromatic amines is 1. The molecule has 0 aliphatic carbocycles. The minimum Gasteiger partial charge on any atom is -0.307 e. The van der Waals surface area contributed by atoms with Gasteiger partial charge in [0.25, 0.3) is 15.6 Å². The zero-order valence-electron chi connectivity index (χ0n) is 11.3. The lowest BCUT2D eigenvalue weighted by Crippen LogP contribution is -2.36. The van der Waals surface area contributed by atoms with E-state index in [2.05, 4.69) is 10.3 Å². The summed E-state index contributed by atoms with van der Waals surface area (Å²) in [5.74, 6) is 0. The van der Waals surface area contributed by atoms with Gasteiger partial charge < -0.3 is 5.32 Å². The van der Waals surface area contributed by atoms with E-state index in [1.54, 1.807) is 16.9 Å². The summed E-state index contributed by atoms with van der Waals surface area (Å²) in [4.78, 5) is 28.7. The molecule has 0 spiro atoms. The lowest BCUT2D eigenvalue weighted by atomic mass is 10.3. The van der Waals surface area contributed by atoms with Gasteiger partial charge in [-0.2, -0.15) is 8.42 Å². The fourth-order valence-corrected chi connectivity index (χ4v) is 2.65. The first-order valence-electron chi connectivity index (χ1n) is 5.93.